The number of thioether (sulfide) groups is 1. The molecule has 2 aromatic rings. The van der Waals surface area contributed by atoms with Gasteiger partial charge in [0.05, 0.1) is 23.4 Å². The Morgan fingerprint density at radius 2 is 1.86 bits per heavy atom. The van der Waals surface area contributed by atoms with Crippen LogP contribution >= 0.6 is 11.8 Å². The van der Waals surface area contributed by atoms with Crippen LogP contribution in [0.15, 0.2) is 54.6 Å². The molecule has 1 atom stereocenters. The predicted octanol–water partition coefficient (Wildman–Crippen LogP) is 3.67. The molecular weight excluding hydrogens is 292 g/mol. The number of nitriles is 1. The molecule has 0 aliphatic heterocycles. The van der Waals surface area contributed by atoms with Gasteiger partial charge in [0, 0.05) is 5.75 Å². The minimum absolute atomic E-state index is 0.0178. The average molecular weight is 310 g/mol. The summed E-state index contributed by atoms with van der Waals surface area (Å²) in [4.78, 5) is 11.9. The highest BCUT2D eigenvalue weighted by Gasteiger charge is 2.09. The Kier molecular flexibility index (Phi) is 6.05. The monoisotopic (exact) mass is 310 g/mol. The number of hydrogen-bond acceptors (Lipinski definition) is 3. The van der Waals surface area contributed by atoms with Crippen molar-refractivity contribution in [1.29, 1.82) is 5.26 Å². The first-order valence-corrected chi connectivity index (χ1v) is 8.25. The van der Waals surface area contributed by atoms with Crippen molar-refractivity contribution < 1.29 is 4.79 Å². The van der Waals surface area contributed by atoms with Gasteiger partial charge in [0.2, 0.25) is 5.91 Å². The van der Waals surface area contributed by atoms with E-state index in [1.54, 1.807) is 23.9 Å². The molecule has 1 unspecified atom stereocenters. The lowest BCUT2D eigenvalue weighted by Crippen LogP contribution is -2.28. The van der Waals surface area contributed by atoms with Crippen LogP contribution in [-0.2, 0) is 10.5 Å². The molecule has 3 nitrogen and oxygen atoms in total. The van der Waals surface area contributed by atoms with E-state index < -0.39 is 0 Å². The van der Waals surface area contributed by atoms with Crippen molar-refractivity contribution >= 4 is 17.7 Å². The van der Waals surface area contributed by atoms with Gasteiger partial charge in [-0.15, -0.1) is 11.8 Å². The van der Waals surface area contributed by atoms with E-state index in [0.717, 1.165) is 16.9 Å². The molecule has 2 aromatic carbocycles. The molecule has 0 radical (unpaired) electrons. The lowest BCUT2D eigenvalue weighted by atomic mass is 10.1. The van der Waals surface area contributed by atoms with Gasteiger partial charge in [0.15, 0.2) is 0 Å². The largest absolute Gasteiger partial charge is 0.349 e. The zero-order valence-electron chi connectivity index (χ0n) is 12.5. The van der Waals surface area contributed by atoms with Gasteiger partial charge in [0.25, 0.3) is 0 Å². The number of nitrogens with zero attached hydrogens (tertiary/aromatic N) is 1. The van der Waals surface area contributed by atoms with Crippen molar-refractivity contribution in [2.45, 2.75) is 18.7 Å². The summed E-state index contributed by atoms with van der Waals surface area (Å²) in [6.45, 7) is 1.98. The van der Waals surface area contributed by atoms with Crippen LogP contribution in [0.25, 0.3) is 0 Å². The molecule has 22 heavy (non-hydrogen) atoms. The standard InChI is InChI=1S/C18H18N2OS/c1-14(17-5-3-2-4-6-17)20-18(21)13-22-12-16-9-7-15(11-19)8-10-16/h2-10,14H,12-13H2,1H3,(H,20,21). The van der Waals surface area contributed by atoms with Crippen molar-refractivity contribution in [2.24, 2.45) is 0 Å². The Bertz CT molecular complexity index is 647. The number of nitrogens with one attached hydrogen (secondary N) is 1. The topological polar surface area (TPSA) is 52.9 Å². The van der Waals surface area contributed by atoms with Crippen LogP contribution in [0.2, 0.25) is 0 Å². The second kappa shape index (κ2) is 8.26. The first-order valence-electron chi connectivity index (χ1n) is 7.10. The van der Waals surface area contributed by atoms with Crippen molar-refractivity contribution in [3.8, 4) is 6.07 Å². The maximum Gasteiger partial charge on any atom is 0.230 e. The van der Waals surface area contributed by atoms with E-state index in [-0.39, 0.29) is 11.9 Å². The fourth-order valence-corrected chi connectivity index (χ4v) is 2.84. The third-order valence-electron chi connectivity index (χ3n) is 3.26. The number of carbonyl (C=O) groups excluding carboxylic acids is 1. The van der Waals surface area contributed by atoms with E-state index >= 15 is 0 Å². The Hall–Kier alpha value is -2.25. The summed E-state index contributed by atoms with van der Waals surface area (Å²) in [6, 6.07) is 19.5. The van der Waals surface area contributed by atoms with Crippen molar-refractivity contribution in [1.82, 2.24) is 5.32 Å². The fraction of sp³-hybridized carbons (Fsp3) is 0.222. The number of hydrogen-bond donors (Lipinski definition) is 1. The van der Waals surface area contributed by atoms with Crippen LogP contribution < -0.4 is 5.32 Å². The zero-order chi connectivity index (χ0) is 15.8. The van der Waals surface area contributed by atoms with E-state index in [1.165, 1.54) is 0 Å². The Balaban J connectivity index is 1.74. The fourth-order valence-electron chi connectivity index (χ4n) is 2.05. The Morgan fingerprint density at radius 3 is 2.50 bits per heavy atom. The normalized spacial score (nSPS) is 11.5. The first-order chi connectivity index (χ1) is 10.7. The van der Waals surface area contributed by atoms with Gasteiger partial charge in [-0.1, -0.05) is 42.5 Å². The smallest absolute Gasteiger partial charge is 0.230 e. The predicted molar refractivity (Wildman–Crippen MR) is 90.3 cm³/mol. The highest BCUT2D eigenvalue weighted by atomic mass is 32.2. The first kappa shape index (κ1) is 16.1. The third kappa shape index (κ3) is 4.94. The zero-order valence-corrected chi connectivity index (χ0v) is 13.3. The number of benzene rings is 2. The highest BCUT2D eigenvalue weighted by Crippen LogP contribution is 2.14. The molecule has 0 fully saturated rings. The molecule has 0 saturated heterocycles. The molecule has 112 valence electrons. The number of carbonyl (C=O) groups is 1. The second-order valence-electron chi connectivity index (χ2n) is 5.00. The molecular formula is C18H18N2OS. The molecule has 1 N–H and O–H groups in total. The van der Waals surface area contributed by atoms with E-state index in [1.807, 2.05) is 49.4 Å². The maximum absolute atomic E-state index is 11.9. The summed E-state index contributed by atoms with van der Waals surface area (Å²) in [5, 5.41) is 11.7. The molecule has 0 aliphatic carbocycles. The van der Waals surface area contributed by atoms with Crippen molar-refractivity contribution in [3.63, 3.8) is 0 Å². The van der Waals surface area contributed by atoms with E-state index in [0.29, 0.717) is 11.3 Å². The summed E-state index contributed by atoms with van der Waals surface area (Å²) in [5.74, 6) is 1.23. The van der Waals surface area contributed by atoms with Crippen molar-refractivity contribution in [2.75, 3.05) is 5.75 Å². The van der Waals surface area contributed by atoms with Crippen LogP contribution in [0.3, 0.4) is 0 Å². The average Bonchev–Trinajstić information content (AvgIpc) is 2.56. The summed E-state index contributed by atoms with van der Waals surface area (Å²) in [7, 11) is 0. The van der Waals surface area contributed by atoms with Crippen LogP contribution in [-0.4, -0.2) is 11.7 Å². The number of amides is 1. The Labute approximate surface area is 135 Å². The van der Waals surface area contributed by atoms with Gasteiger partial charge < -0.3 is 5.32 Å². The van der Waals surface area contributed by atoms with Crippen LogP contribution in [0.1, 0.15) is 29.7 Å². The molecule has 0 heterocycles. The minimum Gasteiger partial charge on any atom is -0.349 e. The summed E-state index contributed by atoms with van der Waals surface area (Å²) >= 11 is 1.57. The second-order valence-corrected chi connectivity index (χ2v) is 5.99. The maximum atomic E-state index is 11.9. The lowest BCUT2D eigenvalue weighted by Gasteiger charge is -2.14. The Morgan fingerprint density at radius 1 is 1.18 bits per heavy atom. The minimum atomic E-state index is 0.0178. The molecule has 0 spiro atoms. The molecule has 0 bridgehead atoms. The summed E-state index contributed by atoms with van der Waals surface area (Å²) < 4.78 is 0. The molecule has 0 saturated carbocycles. The summed E-state index contributed by atoms with van der Waals surface area (Å²) in [6.07, 6.45) is 0. The van der Waals surface area contributed by atoms with Crippen molar-refractivity contribution in [3.05, 3.63) is 71.3 Å². The van der Waals surface area contributed by atoms with Crippen LogP contribution in [0.5, 0.6) is 0 Å². The van der Waals surface area contributed by atoms with Crippen LogP contribution in [0.4, 0.5) is 0 Å². The van der Waals surface area contributed by atoms with Crippen LogP contribution in [0, 0.1) is 11.3 Å². The summed E-state index contributed by atoms with van der Waals surface area (Å²) in [5.41, 5.74) is 2.88. The highest BCUT2D eigenvalue weighted by molar-refractivity contribution is 7.99. The lowest BCUT2D eigenvalue weighted by molar-refractivity contribution is -0.119. The molecule has 0 aliphatic rings. The van der Waals surface area contributed by atoms with Gasteiger partial charge >= 0.3 is 0 Å². The van der Waals surface area contributed by atoms with Gasteiger partial charge in [-0.2, -0.15) is 5.26 Å². The molecule has 2 rings (SSSR count). The van der Waals surface area contributed by atoms with E-state index in [4.69, 9.17) is 5.26 Å². The molecule has 4 heteroatoms. The SMILES string of the molecule is CC(NC(=O)CSCc1ccc(C#N)cc1)c1ccccc1. The van der Waals surface area contributed by atoms with Gasteiger partial charge in [-0.25, -0.2) is 0 Å². The molecule has 1 amide bonds. The van der Waals surface area contributed by atoms with E-state index in [9.17, 15) is 4.79 Å². The number of rotatable bonds is 6. The quantitative estimate of drug-likeness (QED) is 0.885. The van der Waals surface area contributed by atoms with E-state index in [2.05, 4.69) is 11.4 Å². The van der Waals surface area contributed by atoms with Gasteiger partial charge in [0.1, 0.15) is 0 Å². The van der Waals surface area contributed by atoms with Gasteiger partial charge in [-0.3, -0.25) is 4.79 Å². The van der Waals surface area contributed by atoms with Gasteiger partial charge in [-0.05, 0) is 30.2 Å². The molecule has 0 aromatic heterocycles. The third-order valence-corrected chi connectivity index (χ3v) is 4.27.